The highest BCUT2D eigenvalue weighted by Gasteiger charge is 2.27. The van der Waals surface area contributed by atoms with Crippen molar-refractivity contribution >= 4 is 5.91 Å². The molecule has 0 spiro atoms. The predicted molar refractivity (Wildman–Crippen MR) is 58.4 cm³/mol. The summed E-state index contributed by atoms with van der Waals surface area (Å²) in [4.78, 5) is 15.7. The minimum atomic E-state index is -0.843. The Bertz CT molecular complexity index is 359. The maximum atomic E-state index is 11.7. The first kappa shape index (κ1) is 12.6. The second kappa shape index (κ2) is 5.07. The van der Waals surface area contributed by atoms with E-state index in [-0.39, 0.29) is 12.5 Å². The average Bonchev–Trinajstić information content (AvgIpc) is 2.60. The van der Waals surface area contributed by atoms with Crippen molar-refractivity contribution in [3.8, 4) is 0 Å². The first-order valence-corrected chi connectivity index (χ1v) is 5.32. The van der Waals surface area contributed by atoms with Gasteiger partial charge in [0.1, 0.15) is 0 Å². The SMILES string of the molecule is CCCC(C)(N)C(=O)NCc1nc(C)no1. The number of nitrogens with zero attached hydrogens (tertiary/aromatic N) is 2. The number of amides is 1. The van der Waals surface area contributed by atoms with Gasteiger partial charge in [-0.25, -0.2) is 0 Å². The fourth-order valence-corrected chi connectivity index (χ4v) is 1.40. The molecule has 1 aromatic rings. The van der Waals surface area contributed by atoms with Gasteiger partial charge in [-0.15, -0.1) is 0 Å². The quantitative estimate of drug-likeness (QED) is 0.763. The van der Waals surface area contributed by atoms with Crippen LogP contribution in [0.1, 0.15) is 38.4 Å². The van der Waals surface area contributed by atoms with Crippen molar-refractivity contribution < 1.29 is 9.32 Å². The average molecular weight is 226 g/mol. The molecular weight excluding hydrogens is 208 g/mol. The minimum absolute atomic E-state index is 0.204. The van der Waals surface area contributed by atoms with E-state index in [4.69, 9.17) is 10.3 Å². The molecule has 3 N–H and O–H groups in total. The number of nitrogens with one attached hydrogen (secondary N) is 1. The molecule has 90 valence electrons. The van der Waals surface area contributed by atoms with Gasteiger partial charge in [0.05, 0.1) is 12.1 Å². The molecule has 0 fully saturated rings. The molecule has 0 aliphatic rings. The third-order valence-electron chi connectivity index (χ3n) is 2.26. The summed E-state index contributed by atoms with van der Waals surface area (Å²) in [5.74, 6) is 0.733. The van der Waals surface area contributed by atoms with Crippen LogP contribution in [0.4, 0.5) is 0 Å². The fourth-order valence-electron chi connectivity index (χ4n) is 1.40. The topological polar surface area (TPSA) is 94.0 Å². The highest BCUT2D eigenvalue weighted by atomic mass is 16.5. The van der Waals surface area contributed by atoms with Gasteiger partial charge in [-0.3, -0.25) is 4.79 Å². The van der Waals surface area contributed by atoms with Gasteiger partial charge in [-0.05, 0) is 20.3 Å². The Balaban J connectivity index is 2.46. The van der Waals surface area contributed by atoms with Crippen molar-refractivity contribution in [2.75, 3.05) is 0 Å². The zero-order valence-corrected chi connectivity index (χ0v) is 9.91. The molecule has 1 aromatic heterocycles. The van der Waals surface area contributed by atoms with Gasteiger partial charge < -0.3 is 15.6 Å². The van der Waals surface area contributed by atoms with Crippen LogP contribution in [-0.4, -0.2) is 21.6 Å². The van der Waals surface area contributed by atoms with Gasteiger partial charge >= 0.3 is 0 Å². The van der Waals surface area contributed by atoms with Gasteiger partial charge in [0, 0.05) is 0 Å². The van der Waals surface area contributed by atoms with E-state index in [1.165, 1.54) is 0 Å². The lowest BCUT2D eigenvalue weighted by Crippen LogP contribution is -2.51. The predicted octanol–water partition coefficient (Wildman–Crippen LogP) is 0.512. The molecule has 1 rings (SSSR count). The number of hydrogen-bond acceptors (Lipinski definition) is 5. The van der Waals surface area contributed by atoms with Crippen LogP contribution in [0.15, 0.2) is 4.52 Å². The Morgan fingerprint density at radius 3 is 2.81 bits per heavy atom. The van der Waals surface area contributed by atoms with Crippen molar-refractivity contribution in [2.24, 2.45) is 5.73 Å². The molecular formula is C10H18N4O2. The third kappa shape index (κ3) is 3.30. The molecule has 0 radical (unpaired) electrons. The molecule has 0 aromatic carbocycles. The van der Waals surface area contributed by atoms with E-state index in [0.29, 0.717) is 18.1 Å². The summed E-state index contributed by atoms with van der Waals surface area (Å²) in [6.07, 6.45) is 1.50. The molecule has 1 unspecified atom stereocenters. The first-order valence-electron chi connectivity index (χ1n) is 5.32. The Labute approximate surface area is 94.6 Å². The van der Waals surface area contributed by atoms with Crippen molar-refractivity contribution in [3.63, 3.8) is 0 Å². The van der Waals surface area contributed by atoms with Gasteiger partial charge in [0.2, 0.25) is 11.8 Å². The van der Waals surface area contributed by atoms with E-state index >= 15 is 0 Å². The van der Waals surface area contributed by atoms with Crippen molar-refractivity contribution in [2.45, 2.75) is 45.7 Å². The van der Waals surface area contributed by atoms with Crippen molar-refractivity contribution in [3.05, 3.63) is 11.7 Å². The molecule has 1 heterocycles. The molecule has 0 saturated heterocycles. The van der Waals surface area contributed by atoms with Crippen LogP contribution < -0.4 is 11.1 Å². The highest BCUT2D eigenvalue weighted by Crippen LogP contribution is 2.08. The van der Waals surface area contributed by atoms with Crippen LogP contribution in [0.2, 0.25) is 0 Å². The van der Waals surface area contributed by atoms with Gasteiger partial charge in [0.25, 0.3) is 0 Å². The van der Waals surface area contributed by atoms with E-state index in [9.17, 15) is 4.79 Å². The zero-order chi connectivity index (χ0) is 12.2. The summed E-state index contributed by atoms with van der Waals surface area (Å²) in [6, 6.07) is 0. The molecule has 6 nitrogen and oxygen atoms in total. The molecule has 0 aliphatic heterocycles. The van der Waals surface area contributed by atoms with Crippen LogP contribution in [0, 0.1) is 6.92 Å². The maximum Gasteiger partial charge on any atom is 0.246 e. The van der Waals surface area contributed by atoms with Gasteiger partial charge in [-0.1, -0.05) is 18.5 Å². The lowest BCUT2D eigenvalue weighted by atomic mass is 9.97. The summed E-state index contributed by atoms with van der Waals surface area (Å²) in [6.45, 7) is 5.64. The van der Waals surface area contributed by atoms with E-state index in [1.807, 2.05) is 6.92 Å². The molecule has 1 atom stereocenters. The number of carbonyl (C=O) groups is 1. The summed E-state index contributed by atoms with van der Waals surface area (Å²) >= 11 is 0. The molecule has 0 aliphatic carbocycles. The van der Waals surface area contributed by atoms with Crippen molar-refractivity contribution in [1.82, 2.24) is 15.5 Å². The number of aromatic nitrogens is 2. The van der Waals surface area contributed by atoms with Crippen LogP contribution in [-0.2, 0) is 11.3 Å². The Kier molecular flexibility index (Phi) is 4.00. The smallest absolute Gasteiger partial charge is 0.246 e. The fraction of sp³-hybridized carbons (Fsp3) is 0.700. The Hall–Kier alpha value is -1.43. The lowest BCUT2D eigenvalue weighted by Gasteiger charge is -2.22. The van der Waals surface area contributed by atoms with E-state index in [0.717, 1.165) is 6.42 Å². The normalized spacial score (nSPS) is 14.5. The van der Waals surface area contributed by atoms with Crippen LogP contribution >= 0.6 is 0 Å². The molecule has 16 heavy (non-hydrogen) atoms. The van der Waals surface area contributed by atoms with Crippen LogP contribution in [0.25, 0.3) is 0 Å². The number of hydrogen-bond donors (Lipinski definition) is 2. The maximum absolute atomic E-state index is 11.7. The first-order chi connectivity index (χ1) is 7.45. The molecule has 0 saturated carbocycles. The van der Waals surface area contributed by atoms with Crippen LogP contribution in [0.3, 0.4) is 0 Å². The van der Waals surface area contributed by atoms with Gasteiger partial charge in [-0.2, -0.15) is 4.98 Å². The summed E-state index contributed by atoms with van der Waals surface area (Å²) in [5, 5.41) is 6.30. The minimum Gasteiger partial charge on any atom is -0.345 e. The van der Waals surface area contributed by atoms with Gasteiger partial charge in [0.15, 0.2) is 5.82 Å². The Morgan fingerprint density at radius 1 is 1.62 bits per heavy atom. The van der Waals surface area contributed by atoms with E-state index < -0.39 is 5.54 Å². The van der Waals surface area contributed by atoms with Crippen molar-refractivity contribution in [1.29, 1.82) is 0 Å². The van der Waals surface area contributed by atoms with E-state index in [1.54, 1.807) is 13.8 Å². The standard InChI is InChI=1S/C10H18N4O2/c1-4-5-10(3,11)9(15)12-6-8-13-7(2)14-16-8/h4-6,11H2,1-3H3,(H,12,15). The summed E-state index contributed by atoms with van der Waals surface area (Å²) < 4.78 is 4.87. The largest absolute Gasteiger partial charge is 0.345 e. The number of carbonyl (C=O) groups excluding carboxylic acids is 1. The second-order valence-corrected chi connectivity index (χ2v) is 4.09. The lowest BCUT2D eigenvalue weighted by molar-refractivity contribution is -0.126. The number of nitrogens with two attached hydrogens (primary N) is 1. The second-order valence-electron chi connectivity index (χ2n) is 4.09. The summed E-state index contributed by atoms with van der Waals surface area (Å²) in [7, 11) is 0. The zero-order valence-electron chi connectivity index (χ0n) is 9.91. The number of aryl methyl sites for hydroxylation is 1. The highest BCUT2D eigenvalue weighted by molar-refractivity contribution is 5.85. The molecule has 0 bridgehead atoms. The molecule has 1 amide bonds. The summed E-state index contributed by atoms with van der Waals surface area (Å²) in [5.41, 5.74) is 5.02. The number of rotatable bonds is 5. The molecule has 6 heteroatoms. The monoisotopic (exact) mass is 226 g/mol. The Morgan fingerprint density at radius 2 is 2.31 bits per heavy atom. The van der Waals surface area contributed by atoms with E-state index in [2.05, 4.69) is 15.5 Å². The third-order valence-corrected chi connectivity index (χ3v) is 2.26. The van der Waals surface area contributed by atoms with Crippen LogP contribution in [0.5, 0.6) is 0 Å².